The van der Waals surface area contributed by atoms with Crippen LogP contribution in [0, 0.1) is 0 Å². The largest absolute Gasteiger partial charge is 0.351 e. The minimum absolute atomic E-state index is 0.0177. The van der Waals surface area contributed by atoms with Crippen molar-refractivity contribution in [2.75, 3.05) is 32.7 Å². The van der Waals surface area contributed by atoms with Crippen LogP contribution in [-0.4, -0.2) is 60.2 Å². The molecule has 0 atom stereocenters. The fraction of sp³-hybridized carbons (Fsp3) is 0.316. The Bertz CT molecular complexity index is 817. The molecule has 1 aliphatic rings. The number of amides is 3. The van der Waals surface area contributed by atoms with Crippen LogP contribution in [0.3, 0.4) is 0 Å². The van der Waals surface area contributed by atoms with Crippen molar-refractivity contribution < 1.29 is 14.4 Å². The maximum Gasteiger partial charge on any atom is 0.264 e. The highest BCUT2D eigenvalue weighted by molar-refractivity contribution is 7.12. The van der Waals surface area contributed by atoms with Gasteiger partial charge in [-0.05, 0) is 23.6 Å². The molecule has 1 saturated heterocycles. The fourth-order valence-electron chi connectivity index (χ4n) is 2.90. The topological polar surface area (TPSA) is 69.7 Å². The third kappa shape index (κ3) is 4.87. The zero-order chi connectivity index (χ0) is 19.2. The Morgan fingerprint density at radius 2 is 1.70 bits per heavy atom. The molecular weight excluding hydrogens is 386 g/mol. The first-order chi connectivity index (χ1) is 13.1. The number of thiophene rings is 1. The average molecular weight is 406 g/mol. The minimum Gasteiger partial charge on any atom is -0.351 e. The van der Waals surface area contributed by atoms with Gasteiger partial charge in [-0.2, -0.15) is 0 Å². The van der Waals surface area contributed by atoms with Crippen molar-refractivity contribution in [3.05, 3.63) is 57.2 Å². The Balaban J connectivity index is 1.41. The summed E-state index contributed by atoms with van der Waals surface area (Å²) in [4.78, 5) is 41.0. The molecule has 8 heteroatoms. The second-order valence-corrected chi connectivity index (χ2v) is 7.49. The van der Waals surface area contributed by atoms with Gasteiger partial charge in [0.2, 0.25) is 5.91 Å². The molecule has 1 aromatic carbocycles. The number of hydrogen-bond acceptors (Lipinski definition) is 4. The van der Waals surface area contributed by atoms with E-state index in [0.717, 1.165) is 4.88 Å². The van der Waals surface area contributed by atoms with Crippen molar-refractivity contribution in [3.63, 3.8) is 0 Å². The number of carbonyl (C=O) groups is 3. The highest BCUT2D eigenvalue weighted by Gasteiger charge is 2.25. The Hall–Kier alpha value is -2.38. The van der Waals surface area contributed by atoms with E-state index in [4.69, 9.17) is 11.6 Å². The van der Waals surface area contributed by atoms with Gasteiger partial charge in [0.15, 0.2) is 0 Å². The van der Waals surface area contributed by atoms with Gasteiger partial charge in [-0.1, -0.05) is 29.8 Å². The number of nitrogens with zero attached hydrogens (tertiary/aromatic N) is 2. The molecule has 0 bridgehead atoms. The summed E-state index contributed by atoms with van der Waals surface area (Å²) in [6.07, 6.45) is 0.217. The van der Waals surface area contributed by atoms with Gasteiger partial charge in [-0.3, -0.25) is 14.4 Å². The fourth-order valence-corrected chi connectivity index (χ4v) is 3.81. The van der Waals surface area contributed by atoms with Crippen molar-refractivity contribution in [2.45, 2.75) is 6.42 Å². The Morgan fingerprint density at radius 3 is 2.37 bits per heavy atom. The van der Waals surface area contributed by atoms with E-state index in [1.165, 1.54) is 11.3 Å². The zero-order valence-corrected chi connectivity index (χ0v) is 16.3. The second kappa shape index (κ2) is 9.01. The van der Waals surface area contributed by atoms with E-state index in [9.17, 15) is 14.4 Å². The summed E-state index contributed by atoms with van der Waals surface area (Å²) >= 11 is 7.41. The Morgan fingerprint density at radius 1 is 1.00 bits per heavy atom. The molecule has 0 saturated carbocycles. The molecular formula is C19H20ClN3O3S. The molecule has 1 fully saturated rings. The van der Waals surface area contributed by atoms with E-state index in [2.05, 4.69) is 5.32 Å². The highest BCUT2D eigenvalue weighted by atomic mass is 35.5. The first kappa shape index (κ1) is 19.4. The molecule has 2 aromatic rings. The molecule has 6 nitrogen and oxygen atoms in total. The third-order valence-electron chi connectivity index (χ3n) is 4.39. The van der Waals surface area contributed by atoms with E-state index < -0.39 is 0 Å². The van der Waals surface area contributed by atoms with Gasteiger partial charge >= 0.3 is 0 Å². The van der Waals surface area contributed by atoms with E-state index in [1.54, 1.807) is 34.1 Å². The molecule has 1 N–H and O–H groups in total. The van der Waals surface area contributed by atoms with E-state index in [0.29, 0.717) is 36.8 Å². The normalized spacial score (nSPS) is 14.1. The third-order valence-corrected chi connectivity index (χ3v) is 5.58. The number of carbonyl (C=O) groups excluding carboxylic acids is 3. The van der Waals surface area contributed by atoms with Crippen molar-refractivity contribution in [1.82, 2.24) is 15.1 Å². The number of piperazine rings is 1. The highest BCUT2D eigenvalue weighted by Crippen LogP contribution is 2.15. The number of nitrogens with one attached hydrogen (secondary N) is 1. The van der Waals surface area contributed by atoms with E-state index >= 15 is 0 Å². The zero-order valence-electron chi connectivity index (χ0n) is 14.7. The smallest absolute Gasteiger partial charge is 0.264 e. The summed E-state index contributed by atoms with van der Waals surface area (Å²) in [5.41, 5.74) is 0.396. The molecule has 0 aliphatic carbocycles. The molecule has 0 unspecified atom stereocenters. The molecule has 1 aliphatic heterocycles. The van der Waals surface area contributed by atoms with Crippen molar-refractivity contribution in [2.24, 2.45) is 0 Å². The Kier molecular flexibility index (Phi) is 6.47. The van der Waals surface area contributed by atoms with Crippen LogP contribution in [0.15, 0.2) is 41.8 Å². The standard InChI is InChI=1S/C19H20ClN3O3S/c20-15-5-2-1-4-14(15)18(25)21-8-7-17(24)22-9-11-23(12-10-22)19(26)16-6-3-13-27-16/h1-6,13H,7-12H2,(H,21,25). The number of hydrogen-bond donors (Lipinski definition) is 1. The van der Waals surface area contributed by atoms with Gasteiger partial charge in [-0.15, -0.1) is 11.3 Å². The molecule has 0 radical (unpaired) electrons. The maximum absolute atomic E-state index is 12.3. The van der Waals surface area contributed by atoms with Crippen LogP contribution in [0.2, 0.25) is 5.02 Å². The summed E-state index contributed by atoms with van der Waals surface area (Å²) in [7, 11) is 0. The number of benzene rings is 1. The minimum atomic E-state index is -0.292. The van der Waals surface area contributed by atoms with Crippen LogP contribution < -0.4 is 5.32 Å². The number of rotatable bonds is 5. The summed E-state index contributed by atoms with van der Waals surface area (Å²) < 4.78 is 0. The average Bonchev–Trinajstić information content (AvgIpc) is 3.22. The molecule has 27 heavy (non-hydrogen) atoms. The van der Waals surface area contributed by atoms with Crippen LogP contribution >= 0.6 is 22.9 Å². The predicted octanol–water partition coefficient (Wildman–Crippen LogP) is 2.51. The summed E-state index contributed by atoms with van der Waals surface area (Å²) in [5, 5.41) is 4.98. The Labute approximate surface area is 166 Å². The SMILES string of the molecule is O=C(NCCC(=O)N1CCN(C(=O)c2cccs2)CC1)c1ccccc1Cl. The molecule has 3 amide bonds. The lowest BCUT2D eigenvalue weighted by Crippen LogP contribution is -2.50. The second-order valence-electron chi connectivity index (χ2n) is 6.14. The quantitative estimate of drug-likeness (QED) is 0.830. The van der Waals surface area contributed by atoms with Crippen molar-refractivity contribution in [1.29, 1.82) is 0 Å². The summed E-state index contributed by atoms with van der Waals surface area (Å²) in [5.74, 6) is -0.304. The van der Waals surface area contributed by atoms with Crippen molar-refractivity contribution in [3.8, 4) is 0 Å². The summed E-state index contributed by atoms with van der Waals surface area (Å²) in [6, 6.07) is 10.5. The van der Waals surface area contributed by atoms with Gasteiger partial charge in [0.05, 0.1) is 15.5 Å². The van der Waals surface area contributed by atoms with Gasteiger partial charge in [0.25, 0.3) is 11.8 Å². The van der Waals surface area contributed by atoms with Gasteiger partial charge < -0.3 is 15.1 Å². The first-order valence-corrected chi connectivity index (χ1v) is 9.95. The summed E-state index contributed by atoms with van der Waals surface area (Å²) in [6.45, 7) is 2.31. The van der Waals surface area contributed by atoms with Gasteiger partial charge in [0, 0.05) is 39.1 Å². The molecule has 1 aromatic heterocycles. The van der Waals surface area contributed by atoms with Crippen LogP contribution in [0.25, 0.3) is 0 Å². The van der Waals surface area contributed by atoms with Crippen LogP contribution in [-0.2, 0) is 4.79 Å². The maximum atomic E-state index is 12.3. The van der Waals surface area contributed by atoms with Crippen LogP contribution in [0.5, 0.6) is 0 Å². The molecule has 2 heterocycles. The molecule has 142 valence electrons. The lowest BCUT2D eigenvalue weighted by atomic mass is 10.2. The van der Waals surface area contributed by atoms with Gasteiger partial charge in [-0.25, -0.2) is 0 Å². The number of halogens is 1. The predicted molar refractivity (Wildman–Crippen MR) is 105 cm³/mol. The van der Waals surface area contributed by atoms with Gasteiger partial charge in [0.1, 0.15) is 0 Å². The van der Waals surface area contributed by atoms with Crippen LogP contribution in [0.1, 0.15) is 26.5 Å². The van der Waals surface area contributed by atoms with Crippen LogP contribution in [0.4, 0.5) is 0 Å². The lowest BCUT2D eigenvalue weighted by molar-refractivity contribution is -0.132. The van der Waals surface area contributed by atoms with Crippen molar-refractivity contribution >= 4 is 40.7 Å². The molecule has 3 rings (SSSR count). The monoisotopic (exact) mass is 405 g/mol. The molecule has 0 spiro atoms. The first-order valence-electron chi connectivity index (χ1n) is 8.69. The van der Waals surface area contributed by atoms with E-state index in [-0.39, 0.29) is 30.7 Å². The lowest BCUT2D eigenvalue weighted by Gasteiger charge is -2.34. The van der Waals surface area contributed by atoms with E-state index in [1.807, 2.05) is 17.5 Å².